The first-order chi connectivity index (χ1) is 10.0. The molecule has 0 aliphatic heterocycles. The highest BCUT2D eigenvalue weighted by Crippen LogP contribution is 2.17. The van der Waals surface area contributed by atoms with Crippen LogP contribution >= 0.6 is 0 Å². The van der Waals surface area contributed by atoms with Crippen LogP contribution in [0.15, 0.2) is 29.2 Å². The zero-order valence-corrected chi connectivity index (χ0v) is 14.8. The van der Waals surface area contributed by atoms with E-state index in [-0.39, 0.29) is 16.7 Å². The van der Waals surface area contributed by atoms with E-state index in [0.717, 1.165) is 12.8 Å². The van der Waals surface area contributed by atoms with Gasteiger partial charge >= 0.3 is 0 Å². The smallest absolute Gasteiger partial charge is 0.241 e. The van der Waals surface area contributed by atoms with Crippen LogP contribution in [0.5, 0.6) is 0 Å². The van der Waals surface area contributed by atoms with Crippen LogP contribution < -0.4 is 10.0 Å². The lowest BCUT2D eigenvalue weighted by molar-refractivity contribution is -0.119. The molecule has 0 unspecified atom stereocenters. The minimum absolute atomic E-state index is 0.0507. The Bertz CT molecular complexity index is 601. The molecular formula is C16H26N2O3S. The molecule has 0 saturated heterocycles. The molecule has 1 aromatic rings. The van der Waals surface area contributed by atoms with Crippen molar-refractivity contribution in [1.82, 2.24) is 4.72 Å². The molecule has 1 atom stereocenters. The lowest BCUT2D eigenvalue weighted by Gasteiger charge is -2.20. The summed E-state index contributed by atoms with van der Waals surface area (Å²) in [6.45, 7) is 9.27. The van der Waals surface area contributed by atoms with Crippen LogP contribution in [0.4, 0.5) is 5.69 Å². The molecule has 124 valence electrons. The maximum atomic E-state index is 12.2. The largest absolute Gasteiger partial charge is 0.326 e. The molecule has 2 N–H and O–H groups in total. The van der Waals surface area contributed by atoms with Crippen molar-refractivity contribution in [3.63, 3.8) is 0 Å². The van der Waals surface area contributed by atoms with Gasteiger partial charge in [0, 0.05) is 17.1 Å². The molecule has 22 heavy (non-hydrogen) atoms. The van der Waals surface area contributed by atoms with Crippen LogP contribution in [0.3, 0.4) is 0 Å². The number of amides is 1. The van der Waals surface area contributed by atoms with Crippen molar-refractivity contribution in [3.05, 3.63) is 24.3 Å². The Morgan fingerprint density at radius 1 is 1.18 bits per heavy atom. The second kappa shape index (κ2) is 7.24. The summed E-state index contributed by atoms with van der Waals surface area (Å²) in [5.41, 5.74) is 0.0593. The number of carbonyl (C=O) groups excluding carboxylic acids is 1. The number of hydrogen-bond acceptors (Lipinski definition) is 3. The molecule has 0 radical (unpaired) electrons. The molecule has 0 saturated carbocycles. The fourth-order valence-corrected chi connectivity index (χ4v) is 3.43. The van der Waals surface area contributed by atoms with E-state index in [4.69, 9.17) is 0 Å². The summed E-state index contributed by atoms with van der Waals surface area (Å²) in [5.74, 6) is -0.110. The van der Waals surface area contributed by atoms with Gasteiger partial charge in [-0.25, -0.2) is 13.1 Å². The zero-order chi connectivity index (χ0) is 17.0. The van der Waals surface area contributed by atoms with Gasteiger partial charge in [0.2, 0.25) is 15.9 Å². The predicted molar refractivity (Wildman–Crippen MR) is 89.2 cm³/mol. The number of anilines is 1. The summed E-state index contributed by atoms with van der Waals surface area (Å²) in [5, 5.41) is 2.80. The molecule has 0 heterocycles. The molecule has 5 nitrogen and oxygen atoms in total. The maximum absolute atomic E-state index is 12.2. The fourth-order valence-electron chi connectivity index (χ4n) is 2.01. The van der Waals surface area contributed by atoms with Crippen molar-refractivity contribution in [2.45, 2.75) is 57.9 Å². The van der Waals surface area contributed by atoms with Gasteiger partial charge in [-0.3, -0.25) is 4.79 Å². The zero-order valence-electron chi connectivity index (χ0n) is 13.9. The number of sulfonamides is 1. The molecule has 0 fully saturated rings. The average molecular weight is 326 g/mol. The molecular weight excluding hydrogens is 300 g/mol. The molecule has 1 amide bonds. The number of benzene rings is 1. The summed E-state index contributed by atoms with van der Waals surface area (Å²) in [7, 11) is -3.55. The van der Waals surface area contributed by atoms with Crippen LogP contribution in [0, 0.1) is 5.92 Å². The summed E-state index contributed by atoms with van der Waals surface area (Å²) in [6.07, 6.45) is 1.78. The van der Waals surface area contributed by atoms with Gasteiger partial charge in [0.05, 0.1) is 4.90 Å². The average Bonchev–Trinajstić information content (AvgIpc) is 2.36. The fraction of sp³-hybridized carbons (Fsp3) is 0.562. The molecule has 0 bridgehead atoms. The van der Waals surface area contributed by atoms with Crippen molar-refractivity contribution >= 4 is 21.6 Å². The van der Waals surface area contributed by atoms with E-state index >= 15 is 0 Å². The minimum Gasteiger partial charge on any atom is -0.326 e. The van der Waals surface area contributed by atoms with E-state index in [1.54, 1.807) is 32.9 Å². The van der Waals surface area contributed by atoms with Crippen molar-refractivity contribution in [3.8, 4) is 0 Å². The van der Waals surface area contributed by atoms with E-state index in [2.05, 4.69) is 10.0 Å². The van der Waals surface area contributed by atoms with Gasteiger partial charge < -0.3 is 5.32 Å². The first-order valence-corrected chi connectivity index (χ1v) is 8.98. The Morgan fingerprint density at radius 2 is 1.73 bits per heavy atom. The summed E-state index contributed by atoms with van der Waals surface area (Å²) >= 11 is 0. The highest BCUT2D eigenvalue weighted by molar-refractivity contribution is 7.89. The van der Waals surface area contributed by atoms with Gasteiger partial charge in [0.15, 0.2) is 0 Å². The number of hydrogen-bond donors (Lipinski definition) is 2. The van der Waals surface area contributed by atoms with E-state index in [1.165, 1.54) is 12.1 Å². The van der Waals surface area contributed by atoms with Crippen molar-refractivity contribution in [1.29, 1.82) is 0 Å². The highest BCUT2D eigenvalue weighted by Gasteiger charge is 2.22. The van der Waals surface area contributed by atoms with Crippen molar-refractivity contribution in [2.24, 2.45) is 5.92 Å². The molecule has 1 rings (SSSR count). The lowest BCUT2D eigenvalue weighted by Crippen LogP contribution is -2.40. The third kappa shape index (κ3) is 5.77. The van der Waals surface area contributed by atoms with Gasteiger partial charge in [-0.1, -0.05) is 20.3 Å². The number of nitrogens with one attached hydrogen (secondary N) is 2. The topological polar surface area (TPSA) is 75.3 Å². The summed E-state index contributed by atoms with van der Waals surface area (Å²) in [4.78, 5) is 12.1. The van der Waals surface area contributed by atoms with Crippen LogP contribution in [0.25, 0.3) is 0 Å². The predicted octanol–water partition coefficient (Wildman–Crippen LogP) is 3.14. The molecule has 0 aliphatic rings. The second-order valence-electron chi connectivity index (χ2n) is 6.56. The van der Waals surface area contributed by atoms with E-state index in [9.17, 15) is 13.2 Å². The van der Waals surface area contributed by atoms with Crippen molar-refractivity contribution in [2.75, 3.05) is 5.32 Å². The van der Waals surface area contributed by atoms with Crippen LogP contribution in [0.2, 0.25) is 0 Å². The Kier molecular flexibility index (Phi) is 6.14. The second-order valence-corrected chi connectivity index (χ2v) is 8.24. The molecule has 6 heteroatoms. The lowest BCUT2D eigenvalue weighted by atomic mass is 10.1. The third-order valence-electron chi connectivity index (χ3n) is 3.04. The molecule has 0 aromatic heterocycles. The SMILES string of the molecule is CCC[C@@H](C)C(=O)Nc1ccc(S(=O)(=O)NC(C)(C)C)cc1. The molecule has 1 aromatic carbocycles. The van der Waals surface area contributed by atoms with E-state index in [0.29, 0.717) is 5.69 Å². The van der Waals surface area contributed by atoms with Gasteiger partial charge in [0.25, 0.3) is 0 Å². The Labute approximate surface area is 133 Å². The van der Waals surface area contributed by atoms with Gasteiger partial charge in [-0.15, -0.1) is 0 Å². The van der Waals surface area contributed by atoms with Crippen LogP contribution in [0.1, 0.15) is 47.5 Å². The summed E-state index contributed by atoms with van der Waals surface area (Å²) in [6, 6.07) is 6.20. The monoisotopic (exact) mass is 326 g/mol. The van der Waals surface area contributed by atoms with Gasteiger partial charge in [-0.05, 0) is 51.5 Å². The van der Waals surface area contributed by atoms with Crippen LogP contribution in [-0.2, 0) is 14.8 Å². The third-order valence-corrected chi connectivity index (χ3v) is 4.82. The van der Waals surface area contributed by atoms with E-state index < -0.39 is 15.6 Å². The van der Waals surface area contributed by atoms with Gasteiger partial charge in [-0.2, -0.15) is 0 Å². The maximum Gasteiger partial charge on any atom is 0.241 e. The van der Waals surface area contributed by atoms with E-state index in [1.807, 2.05) is 13.8 Å². The highest BCUT2D eigenvalue weighted by atomic mass is 32.2. The first kappa shape index (κ1) is 18.6. The van der Waals surface area contributed by atoms with Crippen LogP contribution in [-0.4, -0.2) is 19.9 Å². The Morgan fingerprint density at radius 3 is 2.18 bits per heavy atom. The number of rotatable bonds is 6. The molecule has 0 aliphatic carbocycles. The quantitative estimate of drug-likeness (QED) is 0.843. The normalized spacial score (nSPS) is 13.7. The Balaban J connectivity index is 2.81. The summed E-state index contributed by atoms with van der Waals surface area (Å²) < 4.78 is 26.9. The first-order valence-electron chi connectivity index (χ1n) is 7.50. The number of carbonyl (C=O) groups is 1. The standard InChI is InChI=1S/C16H26N2O3S/c1-6-7-12(2)15(19)17-13-8-10-14(11-9-13)22(20,21)18-16(3,4)5/h8-12,18H,6-7H2,1-5H3,(H,17,19)/t12-/m1/s1. The Hall–Kier alpha value is -1.40. The van der Waals surface area contributed by atoms with Crippen molar-refractivity contribution < 1.29 is 13.2 Å². The van der Waals surface area contributed by atoms with Gasteiger partial charge in [0.1, 0.15) is 0 Å². The minimum atomic E-state index is -3.55. The molecule has 0 spiro atoms.